The summed E-state index contributed by atoms with van der Waals surface area (Å²) in [5, 5.41) is 12.8. The Labute approximate surface area is 95.8 Å². The lowest BCUT2D eigenvalue weighted by atomic mass is 10.2. The minimum atomic E-state index is -0.947. The predicted molar refractivity (Wildman–Crippen MR) is 57.8 cm³/mol. The molecule has 0 aliphatic heterocycles. The van der Waals surface area contributed by atoms with Gasteiger partial charge in [0.15, 0.2) is 0 Å². The molecule has 1 aliphatic carbocycles. The van der Waals surface area contributed by atoms with Crippen LogP contribution in [0.15, 0.2) is 18.2 Å². The monoisotopic (exact) mass is 239 g/mol. The number of nitrogens with zero attached hydrogens (tertiary/aromatic N) is 1. The third-order valence-corrected chi connectivity index (χ3v) is 2.65. The molecule has 1 saturated carbocycles. The van der Waals surface area contributed by atoms with Crippen LogP contribution in [-0.2, 0) is 4.79 Å². The largest absolute Gasteiger partial charge is 0.322 e. The molecular formula is C10H10FN3O3. The number of rotatable bonds is 3. The van der Waals surface area contributed by atoms with Gasteiger partial charge in [0.1, 0.15) is 5.82 Å². The van der Waals surface area contributed by atoms with Crippen LogP contribution in [0.1, 0.15) is 12.8 Å². The second-order valence-electron chi connectivity index (χ2n) is 4.03. The van der Waals surface area contributed by atoms with Crippen molar-refractivity contribution in [3.63, 3.8) is 0 Å². The molecule has 1 amide bonds. The average molecular weight is 239 g/mol. The maximum atomic E-state index is 13.3. The highest BCUT2D eigenvalue weighted by molar-refractivity contribution is 6.00. The molecule has 1 aromatic rings. The van der Waals surface area contributed by atoms with E-state index >= 15 is 0 Å². The number of benzene rings is 1. The fraction of sp³-hybridized carbons (Fsp3) is 0.300. The minimum Gasteiger partial charge on any atom is -0.322 e. The van der Waals surface area contributed by atoms with Crippen molar-refractivity contribution in [2.45, 2.75) is 18.4 Å². The molecule has 90 valence electrons. The number of anilines is 1. The number of nitro benzene ring substituents is 1. The van der Waals surface area contributed by atoms with Crippen molar-refractivity contribution < 1.29 is 14.1 Å². The van der Waals surface area contributed by atoms with Crippen molar-refractivity contribution in [3.8, 4) is 0 Å². The number of amides is 1. The lowest BCUT2D eigenvalue weighted by Gasteiger charge is -2.10. The van der Waals surface area contributed by atoms with Crippen molar-refractivity contribution in [1.82, 2.24) is 0 Å². The molecule has 0 radical (unpaired) electrons. The molecular weight excluding hydrogens is 229 g/mol. The Bertz CT molecular complexity index is 500. The van der Waals surface area contributed by atoms with E-state index in [9.17, 15) is 19.3 Å². The van der Waals surface area contributed by atoms with Crippen LogP contribution in [0.4, 0.5) is 15.8 Å². The van der Waals surface area contributed by atoms with Gasteiger partial charge in [0.05, 0.1) is 16.1 Å². The van der Waals surface area contributed by atoms with Crippen molar-refractivity contribution in [3.05, 3.63) is 34.1 Å². The van der Waals surface area contributed by atoms with Gasteiger partial charge in [0.2, 0.25) is 5.91 Å². The smallest absolute Gasteiger partial charge is 0.271 e. The Kier molecular flexibility index (Phi) is 2.55. The molecule has 7 heteroatoms. The highest BCUT2D eigenvalue weighted by Crippen LogP contribution is 2.34. The zero-order valence-electron chi connectivity index (χ0n) is 8.77. The zero-order chi connectivity index (χ0) is 12.6. The van der Waals surface area contributed by atoms with Crippen LogP contribution in [-0.4, -0.2) is 16.4 Å². The second kappa shape index (κ2) is 3.77. The van der Waals surface area contributed by atoms with E-state index in [-0.39, 0.29) is 11.4 Å². The maximum Gasteiger partial charge on any atom is 0.271 e. The number of carbonyl (C=O) groups is 1. The Morgan fingerprint density at radius 2 is 2.18 bits per heavy atom. The fourth-order valence-electron chi connectivity index (χ4n) is 1.33. The number of nitro groups is 1. The first-order valence-electron chi connectivity index (χ1n) is 4.97. The Morgan fingerprint density at radius 3 is 2.71 bits per heavy atom. The van der Waals surface area contributed by atoms with Gasteiger partial charge in [0, 0.05) is 12.1 Å². The molecule has 3 N–H and O–H groups in total. The fourth-order valence-corrected chi connectivity index (χ4v) is 1.33. The molecule has 0 spiro atoms. The van der Waals surface area contributed by atoms with Crippen LogP contribution in [0.25, 0.3) is 0 Å². The molecule has 6 nitrogen and oxygen atoms in total. The molecule has 1 aromatic carbocycles. The maximum absolute atomic E-state index is 13.3. The van der Waals surface area contributed by atoms with Crippen molar-refractivity contribution in [2.75, 3.05) is 5.32 Å². The van der Waals surface area contributed by atoms with E-state index in [4.69, 9.17) is 5.73 Å². The number of hydrogen-bond acceptors (Lipinski definition) is 4. The lowest BCUT2D eigenvalue weighted by molar-refractivity contribution is -0.384. The lowest BCUT2D eigenvalue weighted by Crippen LogP contribution is -2.38. The third kappa shape index (κ3) is 2.23. The van der Waals surface area contributed by atoms with Crippen LogP contribution in [0.5, 0.6) is 0 Å². The second-order valence-corrected chi connectivity index (χ2v) is 4.03. The quantitative estimate of drug-likeness (QED) is 0.610. The predicted octanol–water partition coefficient (Wildman–Crippen LogP) is 1.16. The van der Waals surface area contributed by atoms with E-state index in [0.717, 1.165) is 18.2 Å². The van der Waals surface area contributed by atoms with Crippen LogP contribution >= 0.6 is 0 Å². The molecule has 0 atom stereocenters. The van der Waals surface area contributed by atoms with Gasteiger partial charge >= 0.3 is 0 Å². The van der Waals surface area contributed by atoms with E-state index < -0.39 is 22.2 Å². The molecule has 2 rings (SSSR count). The number of nitrogens with two attached hydrogens (primary N) is 1. The summed E-state index contributed by atoms with van der Waals surface area (Å²) in [4.78, 5) is 21.4. The molecule has 17 heavy (non-hydrogen) atoms. The topological polar surface area (TPSA) is 98.3 Å². The standard InChI is InChI=1S/C10H10FN3O3/c11-7-2-1-6(14(16)17)5-8(7)13-9(15)10(12)3-4-10/h1-2,5H,3-4,12H2,(H,13,15). The van der Waals surface area contributed by atoms with Gasteiger partial charge in [0.25, 0.3) is 5.69 Å². The summed E-state index contributed by atoms with van der Waals surface area (Å²) in [6.07, 6.45) is 1.07. The summed E-state index contributed by atoms with van der Waals surface area (Å²) in [6.45, 7) is 0. The van der Waals surface area contributed by atoms with Crippen LogP contribution in [0.3, 0.4) is 0 Å². The number of carbonyl (C=O) groups excluding carboxylic acids is 1. The van der Waals surface area contributed by atoms with E-state index in [1.165, 1.54) is 0 Å². The average Bonchev–Trinajstić information content (AvgIpc) is 3.00. The van der Waals surface area contributed by atoms with Crippen LogP contribution in [0, 0.1) is 15.9 Å². The number of nitrogens with one attached hydrogen (secondary N) is 1. The zero-order valence-corrected chi connectivity index (χ0v) is 8.77. The first-order chi connectivity index (χ1) is 7.92. The van der Waals surface area contributed by atoms with Gasteiger partial charge in [-0.25, -0.2) is 4.39 Å². The number of non-ortho nitro benzene ring substituents is 1. The van der Waals surface area contributed by atoms with Crippen LogP contribution < -0.4 is 11.1 Å². The summed E-state index contributed by atoms with van der Waals surface area (Å²) in [5.74, 6) is -1.25. The summed E-state index contributed by atoms with van der Waals surface area (Å²) in [6, 6.07) is 2.93. The highest BCUT2D eigenvalue weighted by atomic mass is 19.1. The SMILES string of the molecule is NC1(C(=O)Nc2cc([N+](=O)[O-])ccc2F)CC1. The van der Waals surface area contributed by atoms with Gasteiger partial charge in [-0.3, -0.25) is 14.9 Å². The third-order valence-electron chi connectivity index (χ3n) is 2.65. The van der Waals surface area contributed by atoms with Crippen molar-refractivity contribution >= 4 is 17.3 Å². The van der Waals surface area contributed by atoms with E-state index in [1.807, 2.05) is 0 Å². The summed E-state index contributed by atoms with van der Waals surface area (Å²) >= 11 is 0. The highest BCUT2D eigenvalue weighted by Gasteiger charge is 2.46. The first kappa shape index (κ1) is 11.5. The Morgan fingerprint density at radius 1 is 1.53 bits per heavy atom. The number of halogens is 1. The van der Waals surface area contributed by atoms with Gasteiger partial charge < -0.3 is 11.1 Å². The molecule has 1 fully saturated rings. The summed E-state index contributed by atoms with van der Waals surface area (Å²) in [7, 11) is 0. The van der Waals surface area contributed by atoms with Crippen LogP contribution in [0.2, 0.25) is 0 Å². The van der Waals surface area contributed by atoms with Crippen molar-refractivity contribution in [2.24, 2.45) is 5.73 Å². The molecule has 0 heterocycles. The van der Waals surface area contributed by atoms with E-state index in [1.54, 1.807) is 0 Å². The Hall–Kier alpha value is -2.02. The minimum absolute atomic E-state index is 0.221. The summed E-state index contributed by atoms with van der Waals surface area (Å²) in [5.41, 5.74) is 4.16. The van der Waals surface area contributed by atoms with E-state index in [2.05, 4.69) is 5.32 Å². The first-order valence-corrected chi connectivity index (χ1v) is 4.97. The van der Waals surface area contributed by atoms with Gasteiger partial charge in [-0.05, 0) is 18.9 Å². The molecule has 0 unspecified atom stereocenters. The number of hydrogen-bond donors (Lipinski definition) is 2. The Balaban J connectivity index is 2.22. The normalized spacial score (nSPS) is 16.4. The van der Waals surface area contributed by atoms with Gasteiger partial charge in [-0.1, -0.05) is 0 Å². The van der Waals surface area contributed by atoms with E-state index in [0.29, 0.717) is 12.8 Å². The molecule has 0 saturated heterocycles. The van der Waals surface area contributed by atoms with Crippen molar-refractivity contribution in [1.29, 1.82) is 0 Å². The molecule has 0 bridgehead atoms. The van der Waals surface area contributed by atoms with Gasteiger partial charge in [-0.2, -0.15) is 0 Å². The summed E-state index contributed by atoms with van der Waals surface area (Å²) < 4.78 is 13.3. The molecule has 1 aliphatic rings. The molecule has 0 aromatic heterocycles. The van der Waals surface area contributed by atoms with Gasteiger partial charge in [-0.15, -0.1) is 0 Å².